The first-order valence-corrected chi connectivity index (χ1v) is 3.44. The summed E-state index contributed by atoms with van der Waals surface area (Å²) in [5.74, 6) is -2.10. The summed E-state index contributed by atoms with van der Waals surface area (Å²) in [6.07, 6.45) is -4.23. The second kappa shape index (κ2) is 3.24. The van der Waals surface area contributed by atoms with Crippen molar-refractivity contribution >= 4 is 5.97 Å². The summed E-state index contributed by atoms with van der Waals surface area (Å²) in [5, 5.41) is 10.3. The highest BCUT2D eigenvalue weighted by Crippen LogP contribution is 2.29. The van der Waals surface area contributed by atoms with Gasteiger partial charge in [-0.2, -0.15) is 13.2 Å². The molecule has 0 N–H and O–H groups in total. The molecule has 0 atom stereocenters. The molecule has 7 heteroatoms. The van der Waals surface area contributed by atoms with Crippen LogP contribution < -0.4 is 5.11 Å². The molecule has 0 aliphatic carbocycles. The molecular weight excluding hydrogens is 201 g/mol. The summed E-state index contributed by atoms with van der Waals surface area (Å²) in [6, 6.07) is 0. The van der Waals surface area contributed by atoms with Crippen LogP contribution in [0.25, 0.3) is 0 Å². The summed E-state index contributed by atoms with van der Waals surface area (Å²) in [4.78, 5) is 16.6. The van der Waals surface area contributed by atoms with Gasteiger partial charge in [-0.15, -0.1) is 0 Å². The smallest absolute Gasteiger partial charge is 0.434 e. The number of aryl methyl sites for hydroxylation is 1. The highest BCUT2D eigenvalue weighted by Gasteiger charge is 2.36. The summed E-state index contributed by atoms with van der Waals surface area (Å²) < 4.78 is 36.6. The summed E-state index contributed by atoms with van der Waals surface area (Å²) in [6.45, 7) is 1.23. The Morgan fingerprint density at radius 1 is 1.50 bits per heavy atom. The molecule has 0 aliphatic rings. The molecule has 4 nitrogen and oxygen atoms in total. The molecule has 0 amide bonds. The SMILES string of the molecule is Cc1ncc(C(=O)[O-])c(C(F)(F)F)n1. The molecular formula is C7H4F3N2O2-. The lowest BCUT2D eigenvalue weighted by molar-refractivity contribution is -0.256. The van der Waals surface area contributed by atoms with E-state index < -0.39 is 23.4 Å². The molecule has 0 bridgehead atoms. The molecule has 0 saturated heterocycles. The Kier molecular flexibility index (Phi) is 2.41. The van der Waals surface area contributed by atoms with Crippen LogP contribution in [0.5, 0.6) is 0 Å². The standard InChI is InChI=1S/C7H5F3N2O2/c1-3-11-2-4(6(13)14)5(12-3)7(8,9)10/h2H,1H3,(H,13,14)/p-1. The molecule has 0 aliphatic heterocycles. The van der Waals surface area contributed by atoms with Crippen molar-refractivity contribution in [3.05, 3.63) is 23.3 Å². The Labute approximate surface area is 76.4 Å². The van der Waals surface area contributed by atoms with Crippen LogP contribution in [0.2, 0.25) is 0 Å². The van der Waals surface area contributed by atoms with E-state index in [2.05, 4.69) is 9.97 Å². The predicted octanol–water partition coefficient (Wildman–Crippen LogP) is 0.167. The third-order valence-corrected chi connectivity index (χ3v) is 1.40. The van der Waals surface area contributed by atoms with E-state index >= 15 is 0 Å². The van der Waals surface area contributed by atoms with Crippen LogP contribution >= 0.6 is 0 Å². The average Bonchev–Trinajstić information content (AvgIpc) is 2.01. The van der Waals surface area contributed by atoms with Crippen molar-refractivity contribution in [1.29, 1.82) is 0 Å². The van der Waals surface area contributed by atoms with Gasteiger partial charge in [0.05, 0.1) is 5.97 Å². The molecule has 0 spiro atoms. The fraction of sp³-hybridized carbons (Fsp3) is 0.286. The first-order valence-electron chi connectivity index (χ1n) is 3.44. The minimum absolute atomic E-state index is 0.151. The molecule has 1 aromatic rings. The van der Waals surface area contributed by atoms with Crippen molar-refractivity contribution in [2.24, 2.45) is 0 Å². The van der Waals surface area contributed by atoms with Gasteiger partial charge in [-0.25, -0.2) is 9.97 Å². The molecule has 1 aromatic heterocycles. The number of rotatable bonds is 1. The quantitative estimate of drug-likeness (QED) is 0.655. The molecule has 0 fully saturated rings. The number of hydrogen-bond donors (Lipinski definition) is 0. The van der Waals surface area contributed by atoms with E-state index in [1.165, 1.54) is 6.92 Å². The van der Waals surface area contributed by atoms with Crippen LogP contribution in [-0.4, -0.2) is 15.9 Å². The van der Waals surface area contributed by atoms with Gasteiger partial charge in [0.15, 0.2) is 5.69 Å². The number of carbonyl (C=O) groups is 1. The van der Waals surface area contributed by atoms with E-state index in [0.29, 0.717) is 6.20 Å². The van der Waals surface area contributed by atoms with E-state index in [0.717, 1.165) is 0 Å². The third kappa shape index (κ3) is 1.98. The number of hydrogen-bond acceptors (Lipinski definition) is 4. The number of halogens is 3. The number of nitrogens with zero attached hydrogens (tertiary/aromatic N) is 2. The topological polar surface area (TPSA) is 65.9 Å². The second-order valence-electron chi connectivity index (χ2n) is 2.46. The van der Waals surface area contributed by atoms with Crippen LogP contribution in [0.3, 0.4) is 0 Å². The summed E-state index contributed by atoms with van der Waals surface area (Å²) in [7, 11) is 0. The van der Waals surface area contributed by atoms with Crippen LogP contribution in [0.15, 0.2) is 6.20 Å². The van der Waals surface area contributed by atoms with Gasteiger partial charge in [0.2, 0.25) is 0 Å². The van der Waals surface area contributed by atoms with E-state index in [4.69, 9.17) is 0 Å². The van der Waals surface area contributed by atoms with Crippen molar-refractivity contribution in [2.45, 2.75) is 13.1 Å². The Hall–Kier alpha value is -1.66. The predicted molar refractivity (Wildman–Crippen MR) is 36.1 cm³/mol. The van der Waals surface area contributed by atoms with Gasteiger partial charge in [0.1, 0.15) is 5.82 Å². The van der Waals surface area contributed by atoms with E-state index in [9.17, 15) is 23.1 Å². The van der Waals surface area contributed by atoms with Crippen molar-refractivity contribution in [3.63, 3.8) is 0 Å². The van der Waals surface area contributed by atoms with Crippen LogP contribution in [-0.2, 0) is 6.18 Å². The zero-order valence-corrected chi connectivity index (χ0v) is 6.92. The van der Waals surface area contributed by atoms with Gasteiger partial charge in [-0.1, -0.05) is 0 Å². The van der Waals surface area contributed by atoms with Gasteiger partial charge in [0, 0.05) is 11.8 Å². The fourth-order valence-electron chi connectivity index (χ4n) is 0.835. The van der Waals surface area contributed by atoms with Crippen LogP contribution in [0.4, 0.5) is 13.2 Å². The second-order valence-corrected chi connectivity index (χ2v) is 2.46. The van der Waals surface area contributed by atoms with Gasteiger partial charge >= 0.3 is 6.18 Å². The van der Waals surface area contributed by atoms with Crippen molar-refractivity contribution in [2.75, 3.05) is 0 Å². The Balaban J connectivity index is 3.38. The van der Waals surface area contributed by atoms with E-state index in [-0.39, 0.29) is 5.82 Å². The molecule has 0 unspecified atom stereocenters. The number of aromatic carboxylic acids is 1. The molecule has 76 valence electrons. The number of aromatic nitrogens is 2. The van der Waals surface area contributed by atoms with Gasteiger partial charge in [-0.05, 0) is 6.92 Å². The Bertz CT molecular complexity index is 376. The first-order chi connectivity index (χ1) is 6.32. The lowest BCUT2D eigenvalue weighted by Gasteiger charge is -2.11. The van der Waals surface area contributed by atoms with Gasteiger partial charge < -0.3 is 9.90 Å². The maximum Gasteiger partial charge on any atom is 0.434 e. The zero-order valence-electron chi connectivity index (χ0n) is 6.92. The number of carboxylic acid groups (broad SMARTS) is 1. The summed E-state index contributed by atoms with van der Waals surface area (Å²) in [5.41, 5.74) is -2.53. The van der Waals surface area contributed by atoms with Gasteiger partial charge in [-0.3, -0.25) is 0 Å². The number of alkyl halides is 3. The molecule has 1 rings (SSSR count). The lowest BCUT2D eigenvalue weighted by Crippen LogP contribution is -2.27. The van der Waals surface area contributed by atoms with Crippen molar-refractivity contribution in [3.8, 4) is 0 Å². The molecule has 0 radical (unpaired) electrons. The molecule has 14 heavy (non-hydrogen) atoms. The van der Waals surface area contributed by atoms with Crippen molar-refractivity contribution < 1.29 is 23.1 Å². The monoisotopic (exact) mass is 205 g/mol. The Morgan fingerprint density at radius 2 is 2.07 bits per heavy atom. The molecule has 0 aromatic carbocycles. The highest BCUT2D eigenvalue weighted by molar-refractivity contribution is 5.86. The van der Waals surface area contributed by atoms with Crippen LogP contribution in [0.1, 0.15) is 21.9 Å². The molecule has 1 heterocycles. The summed E-state index contributed by atoms with van der Waals surface area (Å²) >= 11 is 0. The lowest BCUT2D eigenvalue weighted by atomic mass is 10.2. The van der Waals surface area contributed by atoms with Crippen molar-refractivity contribution in [1.82, 2.24) is 9.97 Å². The maximum absolute atomic E-state index is 12.2. The van der Waals surface area contributed by atoms with E-state index in [1.807, 2.05) is 0 Å². The normalized spacial score (nSPS) is 11.4. The largest absolute Gasteiger partial charge is 0.545 e. The number of carbonyl (C=O) groups excluding carboxylic acids is 1. The Morgan fingerprint density at radius 3 is 2.50 bits per heavy atom. The maximum atomic E-state index is 12.2. The first kappa shape index (κ1) is 10.4. The van der Waals surface area contributed by atoms with Gasteiger partial charge in [0.25, 0.3) is 0 Å². The minimum atomic E-state index is -4.82. The fourth-order valence-corrected chi connectivity index (χ4v) is 0.835. The number of carboxylic acids is 1. The molecule has 0 saturated carbocycles. The average molecular weight is 205 g/mol. The zero-order chi connectivity index (χ0) is 10.9. The highest BCUT2D eigenvalue weighted by atomic mass is 19.4. The van der Waals surface area contributed by atoms with E-state index in [1.54, 1.807) is 0 Å². The minimum Gasteiger partial charge on any atom is -0.545 e. The third-order valence-electron chi connectivity index (χ3n) is 1.40. The van der Waals surface area contributed by atoms with Crippen LogP contribution in [0, 0.1) is 6.92 Å².